The first kappa shape index (κ1) is 14.3. The lowest BCUT2D eigenvalue weighted by molar-refractivity contribution is -0.0291. The van der Waals surface area contributed by atoms with E-state index in [1.807, 2.05) is 27.7 Å². The maximum absolute atomic E-state index is 11.3. The maximum Gasteiger partial charge on any atom is 0.508 e. The van der Waals surface area contributed by atoms with Gasteiger partial charge in [-0.2, -0.15) is 0 Å². The highest BCUT2D eigenvalue weighted by Crippen LogP contribution is 2.20. The predicted octanol–water partition coefficient (Wildman–Crippen LogP) is 3.62. The van der Waals surface area contributed by atoms with E-state index >= 15 is 0 Å². The zero-order valence-corrected chi connectivity index (χ0v) is 10.8. The number of carbonyl (C=O) groups is 1. The summed E-state index contributed by atoms with van der Waals surface area (Å²) in [6, 6.07) is 0. The van der Waals surface area contributed by atoms with Crippen LogP contribution in [0.5, 0.6) is 0 Å². The molecule has 0 saturated carbocycles. The standard InChI is InChI=1S/C12H24O3/c1-9(2)7-12(5,6)15-11(13)14-8-10(3)4/h9-10H,7-8H2,1-6H3. The topological polar surface area (TPSA) is 35.5 Å². The fraction of sp³-hybridized carbons (Fsp3) is 0.917. The van der Waals surface area contributed by atoms with Crippen LogP contribution in [0.4, 0.5) is 4.79 Å². The van der Waals surface area contributed by atoms with Gasteiger partial charge in [-0.05, 0) is 32.1 Å². The van der Waals surface area contributed by atoms with Crippen LogP contribution < -0.4 is 0 Å². The third-order valence-electron chi connectivity index (χ3n) is 1.79. The fourth-order valence-electron chi connectivity index (χ4n) is 1.51. The molecule has 3 nitrogen and oxygen atoms in total. The first-order chi connectivity index (χ1) is 6.73. The quantitative estimate of drug-likeness (QED) is 0.658. The predicted molar refractivity (Wildman–Crippen MR) is 60.8 cm³/mol. The molecule has 0 radical (unpaired) electrons. The average molecular weight is 216 g/mol. The fourth-order valence-corrected chi connectivity index (χ4v) is 1.51. The van der Waals surface area contributed by atoms with Gasteiger partial charge in [0, 0.05) is 0 Å². The van der Waals surface area contributed by atoms with E-state index in [9.17, 15) is 4.79 Å². The Morgan fingerprint density at radius 1 is 1.13 bits per heavy atom. The first-order valence-corrected chi connectivity index (χ1v) is 5.58. The normalized spacial score (nSPS) is 12.0. The monoisotopic (exact) mass is 216 g/mol. The SMILES string of the molecule is CC(C)COC(=O)OC(C)(C)CC(C)C. The molecule has 0 saturated heterocycles. The zero-order valence-electron chi connectivity index (χ0n) is 10.8. The van der Waals surface area contributed by atoms with Crippen molar-refractivity contribution in [2.24, 2.45) is 11.8 Å². The molecule has 0 bridgehead atoms. The van der Waals surface area contributed by atoms with E-state index in [0.29, 0.717) is 18.4 Å². The second-order valence-electron chi connectivity index (χ2n) is 5.41. The summed E-state index contributed by atoms with van der Waals surface area (Å²) in [5, 5.41) is 0. The van der Waals surface area contributed by atoms with Crippen LogP contribution in [0.15, 0.2) is 0 Å². The lowest BCUT2D eigenvalue weighted by Gasteiger charge is -2.26. The largest absolute Gasteiger partial charge is 0.508 e. The highest BCUT2D eigenvalue weighted by atomic mass is 16.7. The van der Waals surface area contributed by atoms with Crippen LogP contribution >= 0.6 is 0 Å². The van der Waals surface area contributed by atoms with Crippen molar-refractivity contribution in [1.82, 2.24) is 0 Å². The molecule has 0 aromatic rings. The molecule has 0 aliphatic heterocycles. The number of ether oxygens (including phenoxy) is 2. The van der Waals surface area contributed by atoms with Crippen LogP contribution in [0.3, 0.4) is 0 Å². The second-order valence-corrected chi connectivity index (χ2v) is 5.41. The molecule has 0 aliphatic rings. The van der Waals surface area contributed by atoms with Gasteiger partial charge in [0.1, 0.15) is 5.60 Å². The second kappa shape index (κ2) is 5.99. The Balaban J connectivity index is 3.93. The van der Waals surface area contributed by atoms with Crippen LogP contribution in [-0.4, -0.2) is 18.4 Å². The molecule has 0 aliphatic carbocycles. The van der Waals surface area contributed by atoms with E-state index in [4.69, 9.17) is 9.47 Å². The van der Waals surface area contributed by atoms with Crippen LogP contribution in [0.25, 0.3) is 0 Å². The van der Waals surface area contributed by atoms with Gasteiger partial charge in [0.15, 0.2) is 0 Å². The Morgan fingerprint density at radius 3 is 2.07 bits per heavy atom. The molecular formula is C12H24O3. The Bertz CT molecular complexity index is 195. The molecule has 0 rings (SSSR count). The number of hydrogen-bond donors (Lipinski definition) is 0. The lowest BCUT2D eigenvalue weighted by atomic mass is 9.96. The molecule has 0 spiro atoms. The molecule has 90 valence electrons. The minimum atomic E-state index is -0.561. The van der Waals surface area contributed by atoms with Gasteiger partial charge < -0.3 is 9.47 Å². The minimum absolute atomic E-state index is 0.339. The van der Waals surface area contributed by atoms with E-state index in [2.05, 4.69) is 13.8 Å². The third kappa shape index (κ3) is 8.28. The summed E-state index contributed by atoms with van der Waals surface area (Å²) in [5.74, 6) is 0.837. The highest BCUT2D eigenvalue weighted by molar-refractivity contribution is 5.60. The minimum Gasteiger partial charge on any atom is -0.434 e. The lowest BCUT2D eigenvalue weighted by Crippen LogP contribution is -2.30. The Hall–Kier alpha value is -0.730. The Kier molecular flexibility index (Phi) is 5.69. The van der Waals surface area contributed by atoms with Crippen molar-refractivity contribution in [3.05, 3.63) is 0 Å². The number of hydrogen-bond acceptors (Lipinski definition) is 3. The van der Waals surface area contributed by atoms with Gasteiger partial charge in [0.05, 0.1) is 6.61 Å². The molecule has 0 unspecified atom stereocenters. The summed E-state index contributed by atoms with van der Waals surface area (Å²) in [6.45, 7) is 12.4. The average Bonchev–Trinajstić information content (AvgIpc) is 1.96. The van der Waals surface area contributed by atoms with E-state index in [1.165, 1.54) is 0 Å². The molecule has 0 heterocycles. The Morgan fingerprint density at radius 2 is 1.67 bits per heavy atom. The molecular weight excluding hydrogens is 192 g/mol. The third-order valence-corrected chi connectivity index (χ3v) is 1.79. The van der Waals surface area contributed by atoms with E-state index < -0.39 is 11.8 Å². The molecule has 15 heavy (non-hydrogen) atoms. The van der Waals surface area contributed by atoms with Crippen LogP contribution in [0, 0.1) is 11.8 Å². The molecule has 0 N–H and O–H groups in total. The molecule has 3 heteroatoms. The van der Waals surface area contributed by atoms with Gasteiger partial charge in [-0.3, -0.25) is 0 Å². The van der Waals surface area contributed by atoms with E-state index in [-0.39, 0.29) is 0 Å². The van der Waals surface area contributed by atoms with Gasteiger partial charge >= 0.3 is 6.16 Å². The van der Waals surface area contributed by atoms with Gasteiger partial charge in [-0.15, -0.1) is 0 Å². The summed E-state index contributed by atoms with van der Waals surface area (Å²) in [5.41, 5.74) is -0.442. The van der Waals surface area contributed by atoms with E-state index in [0.717, 1.165) is 6.42 Å². The summed E-state index contributed by atoms with van der Waals surface area (Å²) in [7, 11) is 0. The summed E-state index contributed by atoms with van der Waals surface area (Å²) < 4.78 is 10.2. The van der Waals surface area contributed by atoms with Crippen LogP contribution in [0.1, 0.15) is 48.0 Å². The van der Waals surface area contributed by atoms with Crippen molar-refractivity contribution in [3.8, 4) is 0 Å². The summed E-state index contributed by atoms with van der Waals surface area (Å²) >= 11 is 0. The van der Waals surface area contributed by atoms with Crippen LogP contribution in [0.2, 0.25) is 0 Å². The van der Waals surface area contributed by atoms with Crippen molar-refractivity contribution < 1.29 is 14.3 Å². The van der Waals surface area contributed by atoms with Crippen molar-refractivity contribution in [1.29, 1.82) is 0 Å². The molecule has 0 amide bonds. The van der Waals surface area contributed by atoms with E-state index in [1.54, 1.807) is 0 Å². The molecule has 0 fully saturated rings. The van der Waals surface area contributed by atoms with Gasteiger partial charge in [-0.1, -0.05) is 27.7 Å². The maximum atomic E-state index is 11.3. The van der Waals surface area contributed by atoms with Gasteiger partial charge in [-0.25, -0.2) is 4.79 Å². The smallest absolute Gasteiger partial charge is 0.434 e. The number of rotatable bonds is 5. The van der Waals surface area contributed by atoms with Crippen LogP contribution in [-0.2, 0) is 9.47 Å². The molecule has 0 atom stereocenters. The highest BCUT2D eigenvalue weighted by Gasteiger charge is 2.24. The first-order valence-electron chi connectivity index (χ1n) is 5.58. The van der Waals surface area contributed by atoms with Gasteiger partial charge in [0.2, 0.25) is 0 Å². The molecule has 0 aromatic heterocycles. The van der Waals surface area contributed by atoms with Crippen molar-refractivity contribution in [2.75, 3.05) is 6.61 Å². The zero-order chi connectivity index (χ0) is 12.1. The van der Waals surface area contributed by atoms with Crippen molar-refractivity contribution >= 4 is 6.16 Å². The summed E-state index contributed by atoms with van der Waals surface area (Å²) in [4.78, 5) is 11.3. The van der Waals surface area contributed by atoms with Crippen molar-refractivity contribution in [2.45, 2.75) is 53.6 Å². The van der Waals surface area contributed by atoms with Gasteiger partial charge in [0.25, 0.3) is 0 Å². The molecule has 0 aromatic carbocycles. The Labute approximate surface area is 93.1 Å². The van der Waals surface area contributed by atoms with Crippen molar-refractivity contribution in [3.63, 3.8) is 0 Å². The number of carbonyl (C=O) groups excluding carboxylic acids is 1. The summed E-state index contributed by atoms with van der Waals surface area (Å²) in [6.07, 6.45) is 0.276.